The monoisotopic (exact) mass is 259 g/mol. The van der Waals surface area contributed by atoms with Crippen LogP contribution in [-0.4, -0.2) is 45.5 Å². The highest BCUT2D eigenvalue weighted by Gasteiger charge is 2.09. The van der Waals surface area contributed by atoms with Crippen LogP contribution in [0.4, 0.5) is 5.95 Å². The smallest absolute Gasteiger partial charge is 0.203 e. The summed E-state index contributed by atoms with van der Waals surface area (Å²) in [7, 11) is 0.952. The average molecular weight is 259 g/mol. The maximum atomic E-state index is 11.3. The molecule has 1 N–H and O–H groups in total. The molecule has 17 heavy (non-hydrogen) atoms. The second-order valence-corrected chi connectivity index (χ2v) is 5.69. The summed E-state index contributed by atoms with van der Waals surface area (Å²) in [4.78, 5) is 4.24. The van der Waals surface area contributed by atoms with Crippen molar-refractivity contribution in [3.63, 3.8) is 0 Å². The van der Waals surface area contributed by atoms with Crippen molar-refractivity contribution >= 4 is 16.7 Å². The largest absolute Gasteiger partial charge is 0.383 e. The summed E-state index contributed by atoms with van der Waals surface area (Å²) in [6.07, 6.45) is 3.67. The third-order valence-electron chi connectivity index (χ3n) is 2.49. The van der Waals surface area contributed by atoms with Crippen LogP contribution in [0.3, 0.4) is 0 Å². The number of nitrogens with one attached hydrogen (secondary N) is 1. The number of nitrogens with zero attached hydrogens (tertiary/aromatic N) is 2. The Kier molecular flexibility index (Phi) is 6.21. The molecule has 1 aromatic rings. The van der Waals surface area contributed by atoms with E-state index in [1.165, 1.54) is 0 Å². The summed E-state index contributed by atoms with van der Waals surface area (Å²) in [5, 5.41) is 3.20. The lowest BCUT2D eigenvalue weighted by Gasteiger charge is -2.15. The number of hydrogen-bond acceptors (Lipinski definition) is 4. The minimum absolute atomic E-state index is 0.238. The third kappa shape index (κ3) is 4.47. The maximum Gasteiger partial charge on any atom is 0.203 e. The van der Waals surface area contributed by atoms with E-state index in [2.05, 4.69) is 17.2 Å². The van der Waals surface area contributed by atoms with Gasteiger partial charge >= 0.3 is 0 Å². The van der Waals surface area contributed by atoms with E-state index in [9.17, 15) is 4.21 Å². The first kappa shape index (κ1) is 14.2. The van der Waals surface area contributed by atoms with E-state index in [-0.39, 0.29) is 6.04 Å². The summed E-state index contributed by atoms with van der Waals surface area (Å²) in [6.45, 7) is 5.32. The molecule has 6 heteroatoms. The van der Waals surface area contributed by atoms with Crippen LogP contribution in [0.5, 0.6) is 0 Å². The number of anilines is 1. The van der Waals surface area contributed by atoms with Gasteiger partial charge in [-0.3, -0.25) is 4.21 Å². The van der Waals surface area contributed by atoms with Crippen molar-refractivity contribution in [3.8, 4) is 0 Å². The lowest BCUT2D eigenvalue weighted by Crippen LogP contribution is -2.18. The van der Waals surface area contributed by atoms with Gasteiger partial charge in [0.05, 0.1) is 12.6 Å². The van der Waals surface area contributed by atoms with Crippen LogP contribution in [0.2, 0.25) is 0 Å². The molecule has 1 aromatic heterocycles. The summed E-state index contributed by atoms with van der Waals surface area (Å²) < 4.78 is 18.4. The summed E-state index contributed by atoms with van der Waals surface area (Å²) in [5.74, 6) is 2.17. The highest BCUT2D eigenvalue weighted by Crippen LogP contribution is 2.13. The number of rotatable bonds is 8. The van der Waals surface area contributed by atoms with Crippen LogP contribution in [0.25, 0.3) is 0 Å². The summed E-state index contributed by atoms with van der Waals surface area (Å²) in [6, 6.07) is 0.238. The van der Waals surface area contributed by atoms with E-state index in [1.807, 2.05) is 17.7 Å². The number of aromatic nitrogens is 2. The highest BCUT2D eigenvalue weighted by atomic mass is 32.2. The van der Waals surface area contributed by atoms with E-state index in [0.717, 1.165) is 5.95 Å². The predicted molar refractivity (Wildman–Crippen MR) is 70.9 cm³/mol. The van der Waals surface area contributed by atoms with Crippen LogP contribution in [-0.2, 0) is 15.5 Å². The zero-order chi connectivity index (χ0) is 12.7. The van der Waals surface area contributed by atoms with Gasteiger partial charge in [-0.1, -0.05) is 6.92 Å². The molecule has 0 aromatic carbocycles. The van der Waals surface area contributed by atoms with Gasteiger partial charge in [0.1, 0.15) is 0 Å². The lowest BCUT2D eigenvalue weighted by atomic mass is 10.3. The zero-order valence-corrected chi connectivity index (χ0v) is 11.5. The molecule has 0 aliphatic heterocycles. The Hall–Kier alpha value is -0.880. The van der Waals surface area contributed by atoms with Crippen molar-refractivity contribution < 1.29 is 8.95 Å². The van der Waals surface area contributed by atoms with Gasteiger partial charge in [-0.05, 0) is 6.92 Å². The molecule has 0 fully saturated rings. The molecule has 0 amide bonds. The van der Waals surface area contributed by atoms with Gasteiger partial charge in [0, 0.05) is 48.4 Å². The summed E-state index contributed by atoms with van der Waals surface area (Å²) in [5.41, 5.74) is 0. The number of hydrogen-bond donors (Lipinski definition) is 1. The van der Waals surface area contributed by atoms with Gasteiger partial charge in [-0.15, -0.1) is 0 Å². The Bertz CT molecular complexity index is 354. The van der Waals surface area contributed by atoms with E-state index in [4.69, 9.17) is 4.74 Å². The fourth-order valence-electron chi connectivity index (χ4n) is 1.55. The first-order chi connectivity index (χ1) is 8.19. The van der Waals surface area contributed by atoms with Gasteiger partial charge in [-0.2, -0.15) is 0 Å². The molecular formula is C11H21N3O2S. The molecule has 0 aliphatic carbocycles. The molecule has 1 rings (SSSR count). The third-order valence-corrected chi connectivity index (χ3v) is 3.79. The molecule has 0 saturated carbocycles. The van der Waals surface area contributed by atoms with Crippen molar-refractivity contribution in [2.45, 2.75) is 19.9 Å². The Morgan fingerprint density at radius 1 is 1.65 bits per heavy atom. The van der Waals surface area contributed by atoms with Crippen molar-refractivity contribution in [1.29, 1.82) is 0 Å². The minimum Gasteiger partial charge on any atom is -0.383 e. The fourth-order valence-corrected chi connectivity index (χ4v) is 2.17. The molecule has 98 valence electrons. The van der Waals surface area contributed by atoms with Crippen molar-refractivity contribution in [1.82, 2.24) is 9.55 Å². The van der Waals surface area contributed by atoms with Crippen LogP contribution in [0.15, 0.2) is 12.4 Å². The standard InChI is InChI=1S/C11H21N3O2S/c1-4-17(15)8-6-13-11-12-5-7-14(11)10(2)9-16-3/h5,7,10H,4,6,8-9H2,1-3H3,(H,12,13). The fraction of sp³-hybridized carbons (Fsp3) is 0.727. The molecule has 5 nitrogen and oxygen atoms in total. The lowest BCUT2D eigenvalue weighted by molar-refractivity contribution is 0.163. The van der Waals surface area contributed by atoms with Crippen LogP contribution < -0.4 is 5.32 Å². The topological polar surface area (TPSA) is 56.2 Å². The zero-order valence-electron chi connectivity index (χ0n) is 10.7. The molecule has 0 spiro atoms. The molecular weight excluding hydrogens is 238 g/mol. The van der Waals surface area contributed by atoms with Crippen molar-refractivity contribution in [3.05, 3.63) is 12.4 Å². The van der Waals surface area contributed by atoms with Crippen molar-refractivity contribution in [2.75, 3.05) is 37.1 Å². The molecule has 0 aliphatic rings. The first-order valence-electron chi connectivity index (χ1n) is 5.79. The Morgan fingerprint density at radius 2 is 2.41 bits per heavy atom. The van der Waals surface area contributed by atoms with E-state index in [1.54, 1.807) is 13.3 Å². The van der Waals surface area contributed by atoms with Gasteiger partial charge in [0.25, 0.3) is 0 Å². The molecule has 2 unspecified atom stereocenters. The molecule has 2 atom stereocenters. The predicted octanol–water partition coefficient (Wildman–Crippen LogP) is 1.27. The Labute approximate surface area is 105 Å². The maximum absolute atomic E-state index is 11.3. The van der Waals surface area contributed by atoms with Gasteiger partial charge < -0.3 is 14.6 Å². The molecule has 0 saturated heterocycles. The van der Waals surface area contributed by atoms with E-state index in [0.29, 0.717) is 24.7 Å². The van der Waals surface area contributed by atoms with E-state index < -0.39 is 10.8 Å². The Balaban J connectivity index is 2.48. The minimum atomic E-state index is -0.733. The first-order valence-corrected chi connectivity index (χ1v) is 7.28. The second kappa shape index (κ2) is 7.45. The molecule has 0 bridgehead atoms. The van der Waals surface area contributed by atoms with Crippen LogP contribution in [0, 0.1) is 0 Å². The number of ether oxygens (including phenoxy) is 1. The van der Waals surface area contributed by atoms with Crippen molar-refractivity contribution in [2.24, 2.45) is 0 Å². The van der Waals surface area contributed by atoms with Gasteiger partial charge in [-0.25, -0.2) is 4.98 Å². The van der Waals surface area contributed by atoms with Crippen LogP contribution >= 0.6 is 0 Å². The second-order valence-electron chi connectivity index (χ2n) is 3.82. The molecule has 0 radical (unpaired) electrons. The number of imidazole rings is 1. The quantitative estimate of drug-likeness (QED) is 0.764. The average Bonchev–Trinajstić information content (AvgIpc) is 2.77. The summed E-state index contributed by atoms with van der Waals surface area (Å²) >= 11 is 0. The van der Waals surface area contributed by atoms with Gasteiger partial charge in [0.2, 0.25) is 5.95 Å². The highest BCUT2D eigenvalue weighted by molar-refractivity contribution is 7.84. The van der Waals surface area contributed by atoms with Crippen LogP contribution in [0.1, 0.15) is 19.9 Å². The Morgan fingerprint density at radius 3 is 3.06 bits per heavy atom. The number of methoxy groups -OCH3 is 1. The molecule has 1 heterocycles. The normalized spacial score (nSPS) is 14.5. The van der Waals surface area contributed by atoms with Gasteiger partial charge in [0.15, 0.2) is 0 Å². The van der Waals surface area contributed by atoms with E-state index >= 15 is 0 Å². The SMILES string of the molecule is CCS(=O)CCNc1nccn1C(C)COC.